The monoisotopic (exact) mass is 370 g/mol. The number of rotatable bonds is 6. The number of hydrogen-bond acceptors (Lipinski definition) is 6. The molecule has 0 radical (unpaired) electrons. The van der Waals surface area contributed by atoms with Gasteiger partial charge in [-0.1, -0.05) is 0 Å². The second-order valence-electron chi connectivity index (χ2n) is 5.32. The van der Waals surface area contributed by atoms with Gasteiger partial charge in [0.05, 0.1) is 12.4 Å². The number of nitrogens with zero attached hydrogens (tertiary/aromatic N) is 3. The van der Waals surface area contributed by atoms with Crippen LogP contribution in [0.4, 0.5) is 10.3 Å². The molecule has 0 spiro atoms. The molecular weight excluding hydrogens is 355 g/mol. The van der Waals surface area contributed by atoms with Crippen LogP contribution in [0.2, 0.25) is 0 Å². The number of aromatic nitrogens is 3. The topological polar surface area (TPSA) is 95.3 Å². The van der Waals surface area contributed by atoms with Gasteiger partial charge < -0.3 is 9.47 Å². The number of nitrogens with one attached hydrogen (secondary N) is 1. The second-order valence-corrected chi connectivity index (χ2v) is 5.32. The molecule has 1 N–H and O–H groups in total. The number of anilines is 1. The van der Waals surface area contributed by atoms with Crippen LogP contribution in [0.5, 0.6) is 5.75 Å². The summed E-state index contributed by atoms with van der Waals surface area (Å²) < 4.78 is 24.2. The fourth-order valence-corrected chi connectivity index (χ4v) is 2.22. The van der Waals surface area contributed by atoms with Gasteiger partial charge >= 0.3 is 0 Å². The van der Waals surface area contributed by atoms with Gasteiger partial charge in [-0.3, -0.25) is 19.5 Å². The Hall–Kier alpha value is -3.59. The van der Waals surface area contributed by atoms with Crippen LogP contribution in [0.3, 0.4) is 0 Å². The van der Waals surface area contributed by atoms with Crippen LogP contribution in [-0.2, 0) is 4.74 Å². The Bertz CT molecular complexity index is 987. The third-order valence-corrected chi connectivity index (χ3v) is 3.49. The zero-order valence-corrected chi connectivity index (χ0v) is 14.3. The zero-order valence-electron chi connectivity index (χ0n) is 14.3. The van der Waals surface area contributed by atoms with E-state index >= 15 is 0 Å². The van der Waals surface area contributed by atoms with Gasteiger partial charge in [-0.05, 0) is 36.4 Å². The SMILES string of the molecule is COCOc1cnc(NC(=O)c2cccn(-c3ccc(F)cc3)c2=O)nc1. The number of benzene rings is 1. The standard InChI is InChI=1S/C18H15FN4O4/c1-26-11-27-14-9-20-18(21-10-14)22-16(24)15-3-2-8-23(17(15)25)13-6-4-12(19)5-7-13/h2-10H,11H2,1H3,(H,20,21,22,24). The molecule has 3 rings (SSSR count). The van der Waals surface area contributed by atoms with Gasteiger partial charge in [0.2, 0.25) is 5.95 Å². The van der Waals surface area contributed by atoms with E-state index < -0.39 is 17.3 Å². The summed E-state index contributed by atoms with van der Waals surface area (Å²) >= 11 is 0. The van der Waals surface area contributed by atoms with Crippen molar-refractivity contribution < 1.29 is 18.7 Å². The van der Waals surface area contributed by atoms with E-state index in [1.807, 2.05) is 0 Å². The molecule has 0 unspecified atom stereocenters. The number of carbonyl (C=O) groups excluding carboxylic acids is 1. The molecule has 2 aromatic heterocycles. The van der Waals surface area contributed by atoms with Crippen LogP contribution in [-0.4, -0.2) is 34.3 Å². The van der Waals surface area contributed by atoms with Crippen LogP contribution in [0, 0.1) is 5.82 Å². The minimum atomic E-state index is -0.665. The van der Waals surface area contributed by atoms with Crippen molar-refractivity contribution in [2.75, 3.05) is 19.2 Å². The third-order valence-electron chi connectivity index (χ3n) is 3.49. The summed E-state index contributed by atoms with van der Waals surface area (Å²) in [5.41, 5.74) is -0.223. The summed E-state index contributed by atoms with van der Waals surface area (Å²) in [5.74, 6) is -0.702. The normalized spacial score (nSPS) is 10.4. The van der Waals surface area contributed by atoms with Gasteiger partial charge in [0.25, 0.3) is 11.5 Å². The predicted octanol–water partition coefficient (Wildman–Crippen LogP) is 2.00. The van der Waals surface area contributed by atoms with Crippen molar-refractivity contribution in [2.45, 2.75) is 0 Å². The average Bonchev–Trinajstić information content (AvgIpc) is 2.68. The minimum Gasteiger partial charge on any atom is -0.464 e. The van der Waals surface area contributed by atoms with Crippen LogP contribution < -0.4 is 15.6 Å². The number of methoxy groups -OCH3 is 1. The van der Waals surface area contributed by atoms with Crippen molar-refractivity contribution in [3.63, 3.8) is 0 Å². The number of pyridine rings is 1. The van der Waals surface area contributed by atoms with Gasteiger partial charge in [0, 0.05) is 19.0 Å². The van der Waals surface area contributed by atoms with Crippen molar-refractivity contribution >= 4 is 11.9 Å². The van der Waals surface area contributed by atoms with E-state index in [9.17, 15) is 14.0 Å². The summed E-state index contributed by atoms with van der Waals surface area (Å²) in [6.07, 6.45) is 4.22. The summed E-state index contributed by atoms with van der Waals surface area (Å²) in [6.45, 7) is 0.0437. The predicted molar refractivity (Wildman–Crippen MR) is 94.5 cm³/mol. The number of ether oxygens (including phenoxy) is 2. The third kappa shape index (κ3) is 4.33. The molecule has 0 saturated carbocycles. The Morgan fingerprint density at radius 3 is 2.56 bits per heavy atom. The first kappa shape index (κ1) is 18.2. The van der Waals surface area contributed by atoms with E-state index in [0.29, 0.717) is 11.4 Å². The number of carbonyl (C=O) groups is 1. The maximum absolute atomic E-state index is 13.1. The first-order chi connectivity index (χ1) is 13.1. The lowest BCUT2D eigenvalue weighted by atomic mass is 10.2. The lowest BCUT2D eigenvalue weighted by Gasteiger charge is -2.08. The zero-order chi connectivity index (χ0) is 19.2. The van der Waals surface area contributed by atoms with Crippen molar-refractivity contribution in [1.82, 2.24) is 14.5 Å². The highest BCUT2D eigenvalue weighted by molar-refractivity contribution is 6.03. The van der Waals surface area contributed by atoms with E-state index in [2.05, 4.69) is 15.3 Å². The molecule has 0 fully saturated rings. The lowest BCUT2D eigenvalue weighted by molar-refractivity contribution is 0.0506. The van der Waals surface area contributed by atoms with Crippen molar-refractivity contribution in [1.29, 1.82) is 0 Å². The van der Waals surface area contributed by atoms with Gasteiger partial charge in [0.1, 0.15) is 11.4 Å². The van der Waals surface area contributed by atoms with Crippen molar-refractivity contribution in [3.8, 4) is 11.4 Å². The minimum absolute atomic E-state index is 0.0151. The molecular formula is C18H15FN4O4. The molecule has 3 aromatic rings. The van der Waals surface area contributed by atoms with Crippen LogP contribution >= 0.6 is 0 Å². The molecule has 138 valence electrons. The smallest absolute Gasteiger partial charge is 0.267 e. The van der Waals surface area contributed by atoms with Gasteiger partial charge in [-0.15, -0.1) is 0 Å². The summed E-state index contributed by atoms with van der Waals surface area (Å²) in [7, 11) is 1.48. The Kier molecular flexibility index (Phi) is 5.53. The van der Waals surface area contributed by atoms with E-state index in [-0.39, 0.29) is 18.3 Å². The quantitative estimate of drug-likeness (QED) is 0.667. The number of hydrogen-bond donors (Lipinski definition) is 1. The van der Waals surface area contributed by atoms with Crippen molar-refractivity contribution in [2.24, 2.45) is 0 Å². The Labute approximate surface area is 153 Å². The summed E-state index contributed by atoms with van der Waals surface area (Å²) in [5, 5.41) is 2.45. The maximum atomic E-state index is 13.1. The highest BCUT2D eigenvalue weighted by Gasteiger charge is 2.14. The Morgan fingerprint density at radius 2 is 1.89 bits per heavy atom. The average molecular weight is 370 g/mol. The van der Waals surface area contributed by atoms with Crippen LogP contribution in [0.1, 0.15) is 10.4 Å². The molecule has 1 amide bonds. The number of halogens is 1. The van der Waals surface area contributed by atoms with Gasteiger partial charge in [-0.25, -0.2) is 14.4 Å². The largest absolute Gasteiger partial charge is 0.464 e. The molecule has 0 atom stereocenters. The van der Waals surface area contributed by atoms with Gasteiger partial charge in [-0.2, -0.15) is 0 Å². The molecule has 0 aliphatic heterocycles. The molecule has 0 saturated heterocycles. The highest BCUT2D eigenvalue weighted by atomic mass is 19.1. The van der Waals surface area contributed by atoms with Crippen LogP contribution in [0.15, 0.2) is 59.8 Å². The molecule has 2 heterocycles. The second kappa shape index (κ2) is 8.19. The molecule has 27 heavy (non-hydrogen) atoms. The highest BCUT2D eigenvalue weighted by Crippen LogP contribution is 2.10. The van der Waals surface area contributed by atoms with E-state index in [1.54, 1.807) is 6.07 Å². The Morgan fingerprint density at radius 1 is 1.19 bits per heavy atom. The van der Waals surface area contributed by atoms with E-state index in [4.69, 9.17) is 9.47 Å². The fraction of sp³-hybridized carbons (Fsp3) is 0.111. The molecule has 0 bridgehead atoms. The maximum Gasteiger partial charge on any atom is 0.267 e. The molecule has 0 aliphatic carbocycles. The number of amides is 1. The van der Waals surface area contributed by atoms with E-state index in [0.717, 1.165) is 0 Å². The molecule has 8 nitrogen and oxygen atoms in total. The summed E-state index contributed by atoms with van der Waals surface area (Å²) in [4.78, 5) is 32.9. The summed E-state index contributed by atoms with van der Waals surface area (Å²) in [6, 6.07) is 8.28. The molecule has 1 aromatic carbocycles. The van der Waals surface area contributed by atoms with E-state index in [1.165, 1.54) is 60.6 Å². The molecule has 9 heteroatoms. The van der Waals surface area contributed by atoms with Gasteiger partial charge in [0.15, 0.2) is 12.5 Å². The van der Waals surface area contributed by atoms with Crippen LogP contribution in [0.25, 0.3) is 5.69 Å². The lowest BCUT2D eigenvalue weighted by Crippen LogP contribution is -2.28. The first-order valence-corrected chi connectivity index (χ1v) is 7.81. The van der Waals surface area contributed by atoms with Crippen molar-refractivity contribution in [3.05, 3.63) is 76.7 Å². The first-order valence-electron chi connectivity index (χ1n) is 7.81. The fourth-order valence-electron chi connectivity index (χ4n) is 2.22. The Balaban J connectivity index is 1.80. The molecule has 0 aliphatic rings.